The summed E-state index contributed by atoms with van der Waals surface area (Å²) in [4.78, 5) is 18.1. The number of benzene rings is 1. The van der Waals surface area contributed by atoms with Crippen LogP contribution >= 0.6 is 11.6 Å². The number of aromatic nitrogens is 3. The molecule has 5 rings (SSSR count). The number of fused-ring (bicyclic) bond motifs is 1. The number of carbonyl (C=O) groups is 1. The first kappa shape index (κ1) is 20.8. The van der Waals surface area contributed by atoms with Gasteiger partial charge in [0.1, 0.15) is 35.5 Å². The fraction of sp³-hybridized carbons (Fsp3) is 0.350. The first-order chi connectivity index (χ1) is 15.3. The number of alkyl halides is 2. The lowest BCUT2D eigenvalue weighted by Gasteiger charge is -2.26. The molecule has 1 aromatic carbocycles. The van der Waals surface area contributed by atoms with Gasteiger partial charge in [0.25, 0.3) is 0 Å². The molecule has 32 heavy (non-hydrogen) atoms. The molecular weight excluding hydrogens is 452 g/mol. The lowest BCUT2D eigenvalue weighted by atomic mass is 10.0. The van der Waals surface area contributed by atoms with Gasteiger partial charge in [-0.2, -0.15) is 5.10 Å². The van der Waals surface area contributed by atoms with Gasteiger partial charge in [0, 0.05) is 24.6 Å². The lowest BCUT2D eigenvalue weighted by molar-refractivity contribution is 0.250. The summed E-state index contributed by atoms with van der Waals surface area (Å²) in [5.41, 5.74) is 0.281. The molecule has 7 nitrogen and oxygen atoms in total. The number of urea groups is 1. The molecule has 4 atom stereocenters. The molecule has 3 aromatic rings. The third kappa shape index (κ3) is 3.81. The molecule has 1 saturated heterocycles. The molecule has 0 unspecified atom stereocenters. The standard InChI is InChI=1S/C20H17ClF4N6O/c21-18-17(28-20(32)26-14-7-13(14)25)19-27-16(3-4-31(19)29-18)30-8-10(23)6-15(30)11-5-9(22)1-2-12(11)24/h1-5,10,13-15H,6-8H2,(H2,26,28,32)/t10-,13-,14+,15-/m1/s1. The summed E-state index contributed by atoms with van der Waals surface area (Å²) in [5.74, 6) is -0.995. The minimum absolute atomic E-state index is 0.0290. The smallest absolute Gasteiger partial charge is 0.319 e. The molecule has 2 amide bonds. The molecule has 0 radical (unpaired) electrons. The molecule has 12 heteroatoms. The summed E-state index contributed by atoms with van der Waals surface area (Å²) >= 11 is 6.14. The van der Waals surface area contributed by atoms with Crippen molar-refractivity contribution in [3.63, 3.8) is 0 Å². The zero-order valence-corrected chi connectivity index (χ0v) is 17.2. The molecule has 2 fully saturated rings. The maximum absolute atomic E-state index is 14.4. The van der Waals surface area contributed by atoms with Crippen LogP contribution in [0.15, 0.2) is 30.5 Å². The minimum atomic E-state index is -1.27. The van der Waals surface area contributed by atoms with Gasteiger partial charge in [-0.05, 0) is 24.3 Å². The van der Waals surface area contributed by atoms with Crippen molar-refractivity contribution in [3.8, 4) is 0 Å². The van der Waals surface area contributed by atoms with E-state index in [4.69, 9.17) is 11.6 Å². The van der Waals surface area contributed by atoms with Gasteiger partial charge in [0.15, 0.2) is 10.8 Å². The Morgan fingerprint density at radius 2 is 1.97 bits per heavy atom. The first-order valence-electron chi connectivity index (χ1n) is 9.92. The maximum Gasteiger partial charge on any atom is 0.319 e. The van der Waals surface area contributed by atoms with Gasteiger partial charge in [-0.15, -0.1) is 0 Å². The van der Waals surface area contributed by atoms with Gasteiger partial charge in [0.05, 0.1) is 18.6 Å². The van der Waals surface area contributed by atoms with E-state index in [2.05, 4.69) is 20.7 Å². The highest BCUT2D eigenvalue weighted by Crippen LogP contribution is 2.38. The molecule has 1 saturated carbocycles. The van der Waals surface area contributed by atoms with Crippen molar-refractivity contribution < 1.29 is 22.4 Å². The molecule has 0 spiro atoms. The molecule has 3 heterocycles. The van der Waals surface area contributed by atoms with Crippen molar-refractivity contribution >= 4 is 34.8 Å². The second kappa shape index (κ2) is 7.80. The molecule has 1 aliphatic carbocycles. The quantitative estimate of drug-likeness (QED) is 0.563. The van der Waals surface area contributed by atoms with Gasteiger partial charge in [-0.1, -0.05) is 11.6 Å². The SMILES string of the molecule is O=C(Nc1c(Cl)nn2ccc(N3C[C@H](F)C[C@@H]3c3cc(F)ccc3F)nc12)N[C@H]1C[C@H]1F. The van der Waals surface area contributed by atoms with E-state index in [9.17, 15) is 22.4 Å². The average Bonchev–Trinajstić information content (AvgIpc) is 3.15. The van der Waals surface area contributed by atoms with Crippen molar-refractivity contribution in [3.05, 3.63) is 52.8 Å². The van der Waals surface area contributed by atoms with Crippen LogP contribution in [0.25, 0.3) is 5.65 Å². The molecule has 2 aliphatic rings. The zero-order chi connectivity index (χ0) is 22.6. The van der Waals surface area contributed by atoms with Crippen LogP contribution in [0.3, 0.4) is 0 Å². The number of nitrogens with one attached hydrogen (secondary N) is 2. The van der Waals surface area contributed by atoms with Crippen molar-refractivity contribution in [2.75, 3.05) is 16.8 Å². The van der Waals surface area contributed by atoms with E-state index in [1.807, 2.05) is 0 Å². The van der Waals surface area contributed by atoms with Crippen LogP contribution in [0.2, 0.25) is 5.15 Å². The number of anilines is 2. The molecule has 2 aromatic heterocycles. The number of carbonyl (C=O) groups excluding carboxylic acids is 1. The third-order valence-electron chi connectivity index (χ3n) is 5.56. The van der Waals surface area contributed by atoms with E-state index < -0.39 is 42.1 Å². The van der Waals surface area contributed by atoms with Gasteiger partial charge < -0.3 is 15.5 Å². The van der Waals surface area contributed by atoms with Crippen LogP contribution in [-0.4, -0.2) is 45.6 Å². The zero-order valence-electron chi connectivity index (χ0n) is 16.4. The summed E-state index contributed by atoms with van der Waals surface area (Å²) in [6.07, 6.45) is -0.628. The van der Waals surface area contributed by atoms with Crippen molar-refractivity contribution in [1.29, 1.82) is 0 Å². The highest BCUT2D eigenvalue weighted by Gasteiger charge is 2.39. The van der Waals surface area contributed by atoms with Crippen molar-refractivity contribution in [2.24, 2.45) is 0 Å². The summed E-state index contributed by atoms with van der Waals surface area (Å²) in [5, 5.41) is 8.99. The summed E-state index contributed by atoms with van der Waals surface area (Å²) in [6.45, 7) is -0.0749. The second-order valence-electron chi connectivity index (χ2n) is 7.84. The lowest BCUT2D eigenvalue weighted by Crippen LogP contribution is -2.31. The third-order valence-corrected chi connectivity index (χ3v) is 5.82. The Bertz CT molecular complexity index is 1210. The van der Waals surface area contributed by atoms with Gasteiger partial charge in [-0.3, -0.25) is 0 Å². The van der Waals surface area contributed by atoms with Crippen molar-refractivity contribution in [1.82, 2.24) is 19.9 Å². The number of halogens is 5. The average molecular weight is 469 g/mol. The minimum Gasteiger partial charge on any atom is -0.346 e. The number of hydrogen-bond acceptors (Lipinski definition) is 4. The molecule has 0 bridgehead atoms. The van der Waals surface area contributed by atoms with E-state index in [0.717, 1.165) is 18.2 Å². The van der Waals surface area contributed by atoms with E-state index in [1.54, 1.807) is 6.07 Å². The molecular formula is C20H17ClF4N6O. The van der Waals surface area contributed by atoms with Crippen LogP contribution in [0.4, 0.5) is 33.9 Å². The van der Waals surface area contributed by atoms with E-state index in [0.29, 0.717) is 0 Å². The number of nitrogens with zero attached hydrogens (tertiary/aromatic N) is 4. The van der Waals surface area contributed by atoms with Crippen LogP contribution < -0.4 is 15.5 Å². The molecule has 168 valence electrons. The highest BCUT2D eigenvalue weighted by molar-refractivity contribution is 6.33. The van der Waals surface area contributed by atoms with E-state index in [1.165, 1.54) is 15.6 Å². The number of amides is 2. The van der Waals surface area contributed by atoms with Gasteiger partial charge in [-0.25, -0.2) is 31.9 Å². The number of rotatable bonds is 4. The Balaban J connectivity index is 1.48. The number of hydrogen-bond donors (Lipinski definition) is 2. The maximum atomic E-state index is 14.4. The fourth-order valence-electron chi connectivity index (χ4n) is 3.89. The highest BCUT2D eigenvalue weighted by atomic mass is 35.5. The summed E-state index contributed by atoms with van der Waals surface area (Å²) < 4.78 is 56.8. The predicted octanol–water partition coefficient (Wildman–Crippen LogP) is 4.18. The van der Waals surface area contributed by atoms with Crippen LogP contribution in [-0.2, 0) is 0 Å². The van der Waals surface area contributed by atoms with Crippen molar-refractivity contribution in [2.45, 2.75) is 37.3 Å². The Hall–Kier alpha value is -3.08. The molecule has 1 aliphatic heterocycles. The fourth-order valence-corrected chi connectivity index (χ4v) is 4.11. The largest absolute Gasteiger partial charge is 0.346 e. The van der Waals surface area contributed by atoms with Gasteiger partial charge in [0.2, 0.25) is 0 Å². The Labute approximate surface area is 184 Å². The Morgan fingerprint density at radius 1 is 1.19 bits per heavy atom. The van der Waals surface area contributed by atoms with Crippen LogP contribution in [0.1, 0.15) is 24.4 Å². The van der Waals surface area contributed by atoms with Gasteiger partial charge >= 0.3 is 6.03 Å². The Morgan fingerprint density at radius 3 is 2.72 bits per heavy atom. The van der Waals surface area contributed by atoms with E-state index >= 15 is 0 Å². The summed E-state index contributed by atoms with van der Waals surface area (Å²) in [6, 6.07) is 2.61. The summed E-state index contributed by atoms with van der Waals surface area (Å²) in [7, 11) is 0. The predicted molar refractivity (Wildman–Crippen MR) is 109 cm³/mol. The molecule has 2 N–H and O–H groups in total. The topological polar surface area (TPSA) is 74.6 Å². The van der Waals surface area contributed by atoms with E-state index in [-0.39, 0.29) is 47.3 Å². The first-order valence-corrected chi connectivity index (χ1v) is 10.3. The Kier molecular flexibility index (Phi) is 5.07. The second-order valence-corrected chi connectivity index (χ2v) is 8.20. The monoisotopic (exact) mass is 468 g/mol. The van der Waals surface area contributed by atoms with Crippen LogP contribution in [0.5, 0.6) is 0 Å². The normalized spacial score (nSPS) is 24.7. The van der Waals surface area contributed by atoms with Crippen LogP contribution in [0, 0.1) is 11.6 Å².